The van der Waals surface area contributed by atoms with Crippen LogP contribution < -0.4 is 0 Å². The average molecular weight is 228 g/mol. The second-order valence-corrected chi connectivity index (χ2v) is 4.84. The molecule has 84 valence electrons. The van der Waals surface area contributed by atoms with Crippen LogP contribution in [-0.4, -0.2) is 39.5 Å². The van der Waals surface area contributed by atoms with Gasteiger partial charge in [0.05, 0.1) is 0 Å². The number of piperidine rings is 1. The Kier molecular flexibility index (Phi) is 3.65. The van der Waals surface area contributed by atoms with E-state index >= 15 is 0 Å². The molecule has 0 aromatic carbocycles. The van der Waals surface area contributed by atoms with E-state index in [1.165, 1.54) is 5.82 Å². The first-order valence-electron chi connectivity index (χ1n) is 5.58. The van der Waals surface area contributed by atoms with Crippen molar-refractivity contribution in [1.29, 1.82) is 0 Å². The molecule has 0 aliphatic carbocycles. The normalized spacial score (nSPS) is 19.6. The molecule has 1 aromatic rings. The van der Waals surface area contributed by atoms with Crippen molar-refractivity contribution in [3.05, 3.63) is 18.2 Å². The summed E-state index contributed by atoms with van der Waals surface area (Å²) < 4.78 is 2.09. The molecule has 1 aromatic heterocycles. The number of aromatic nitrogens is 2. The molecule has 0 saturated carbocycles. The molecule has 3 nitrogen and oxygen atoms in total. The number of hydrogen-bond acceptors (Lipinski definition) is 2. The number of rotatable bonds is 3. The molecule has 2 heterocycles. The van der Waals surface area contributed by atoms with Crippen LogP contribution in [0.5, 0.6) is 0 Å². The molecule has 1 fully saturated rings. The van der Waals surface area contributed by atoms with Gasteiger partial charge in [0.15, 0.2) is 0 Å². The third kappa shape index (κ3) is 2.95. The second kappa shape index (κ2) is 4.99. The molecule has 1 saturated heterocycles. The van der Waals surface area contributed by atoms with Gasteiger partial charge in [0.2, 0.25) is 0 Å². The van der Waals surface area contributed by atoms with Crippen molar-refractivity contribution in [2.45, 2.75) is 24.6 Å². The van der Waals surface area contributed by atoms with Crippen molar-refractivity contribution in [2.24, 2.45) is 7.05 Å². The molecule has 0 N–H and O–H groups in total. The third-order valence-electron chi connectivity index (χ3n) is 3.09. The zero-order chi connectivity index (χ0) is 10.7. The highest BCUT2D eigenvalue weighted by atomic mass is 35.5. The predicted octanol–water partition coefficient (Wildman–Crippen LogP) is 1.67. The molecule has 0 bridgehead atoms. The zero-order valence-electron chi connectivity index (χ0n) is 9.19. The van der Waals surface area contributed by atoms with Gasteiger partial charge in [-0.1, -0.05) is 0 Å². The van der Waals surface area contributed by atoms with E-state index in [4.69, 9.17) is 11.6 Å². The molecule has 1 aliphatic rings. The molecule has 0 amide bonds. The molecule has 0 spiro atoms. The fourth-order valence-corrected chi connectivity index (χ4v) is 2.22. The molecule has 0 radical (unpaired) electrons. The van der Waals surface area contributed by atoms with Crippen LogP contribution in [0.4, 0.5) is 0 Å². The lowest BCUT2D eigenvalue weighted by molar-refractivity contribution is 0.232. The lowest BCUT2D eigenvalue weighted by atomic mass is 10.1. The van der Waals surface area contributed by atoms with Gasteiger partial charge in [-0.05, 0) is 25.9 Å². The number of aryl methyl sites for hydroxylation is 1. The van der Waals surface area contributed by atoms with Gasteiger partial charge in [0, 0.05) is 37.8 Å². The van der Waals surface area contributed by atoms with Crippen LogP contribution in [0.2, 0.25) is 0 Å². The van der Waals surface area contributed by atoms with E-state index in [0.717, 1.165) is 38.9 Å². The highest BCUT2D eigenvalue weighted by Gasteiger charge is 2.16. The summed E-state index contributed by atoms with van der Waals surface area (Å²) in [4.78, 5) is 6.81. The fraction of sp³-hybridized carbons (Fsp3) is 0.727. The van der Waals surface area contributed by atoms with Crippen molar-refractivity contribution in [3.8, 4) is 0 Å². The number of likely N-dealkylation sites (tertiary alicyclic amines) is 1. The molecule has 1 aliphatic heterocycles. The Hall–Kier alpha value is -0.540. The number of imidazole rings is 1. The van der Waals surface area contributed by atoms with Crippen molar-refractivity contribution >= 4 is 11.6 Å². The molecule has 4 heteroatoms. The van der Waals surface area contributed by atoms with Gasteiger partial charge in [-0.2, -0.15) is 0 Å². The highest BCUT2D eigenvalue weighted by molar-refractivity contribution is 6.20. The van der Waals surface area contributed by atoms with E-state index in [0.29, 0.717) is 5.38 Å². The van der Waals surface area contributed by atoms with E-state index < -0.39 is 0 Å². The summed E-state index contributed by atoms with van der Waals surface area (Å²) in [7, 11) is 2.05. The summed E-state index contributed by atoms with van der Waals surface area (Å²) in [6.45, 7) is 3.38. The largest absolute Gasteiger partial charge is 0.338 e. The van der Waals surface area contributed by atoms with E-state index in [-0.39, 0.29) is 0 Å². The monoisotopic (exact) mass is 227 g/mol. The minimum Gasteiger partial charge on any atom is -0.338 e. The van der Waals surface area contributed by atoms with Gasteiger partial charge < -0.3 is 9.47 Å². The first-order valence-corrected chi connectivity index (χ1v) is 6.02. The Labute approximate surface area is 96.0 Å². The Bertz CT molecular complexity index is 303. The summed E-state index contributed by atoms with van der Waals surface area (Å²) >= 11 is 6.06. The number of nitrogens with zero attached hydrogens (tertiary/aromatic N) is 3. The molecule has 2 rings (SSSR count). The first-order chi connectivity index (χ1) is 7.25. The standard InChI is InChI=1S/C11H18ClN3/c1-14-9-5-13-11(14)4-8-15-6-2-10(12)3-7-15/h5,9-10H,2-4,6-8H2,1H3. The van der Waals surface area contributed by atoms with E-state index in [1.807, 2.05) is 19.4 Å². The van der Waals surface area contributed by atoms with E-state index in [2.05, 4.69) is 14.5 Å². The average Bonchev–Trinajstić information content (AvgIpc) is 2.63. The Morgan fingerprint density at radius 3 is 2.80 bits per heavy atom. The maximum atomic E-state index is 6.06. The minimum absolute atomic E-state index is 0.398. The lowest BCUT2D eigenvalue weighted by Crippen LogP contribution is -2.35. The van der Waals surface area contributed by atoms with Gasteiger partial charge in [-0.3, -0.25) is 0 Å². The quantitative estimate of drug-likeness (QED) is 0.733. The first kappa shape index (κ1) is 11.0. The van der Waals surface area contributed by atoms with Gasteiger partial charge in [0.25, 0.3) is 0 Å². The second-order valence-electron chi connectivity index (χ2n) is 4.22. The lowest BCUT2D eigenvalue weighted by Gasteiger charge is -2.28. The van der Waals surface area contributed by atoms with Gasteiger partial charge in [-0.15, -0.1) is 11.6 Å². The van der Waals surface area contributed by atoms with Gasteiger partial charge in [0.1, 0.15) is 5.82 Å². The van der Waals surface area contributed by atoms with Crippen molar-refractivity contribution in [2.75, 3.05) is 19.6 Å². The summed E-state index contributed by atoms with van der Waals surface area (Å²) in [5, 5.41) is 0.398. The van der Waals surface area contributed by atoms with E-state index in [9.17, 15) is 0 Å². The molecule has 0 atom stereocenters. The van der Waals surface area contributed by atoms with Gasteiger partial charge >= 0.3 is 0 Å². The topological polar surface area (TPSA) is 21.1 Å². The molecular weight excluding hydrogens is 210 g/mol. The zero-order valence-corrected chi connectivity index (χ0v) is 9.95. The van der Waals surface area contributed by atoms with Crippen LogP contribution in [0, 0.1) is 0 Å². The summed E-state index contributed by atoms with van der Waals surface area (Å²) in [6.07, 6.45) is 7.15. The number of alkyl halides is 1. The van der Waals surface area contributed by atoms with Crippen LogP contribution in [0.15, 0.2) is 12.4 Å². The Morgan fingerprint density at radius 2 is 2.20 bits per heavy atom. The summed E-state index contributed by atoms with van der Waals surface area (Å²) in [6, 6.07) is 0. The maximum absolute atomic E-state index is 6.06. The van der Waals surface area contributed by atoms with Crippen LogP contribution >= 0.6 is 11.6 Å². The van der Waals surface area contributed by atoms with Crippen molar-refractivity contribution in [1.82, 2.24) is 14.5 Å². The summed E-state index contributed by atoms with van der Waals surface area (Å²) in [5.41, 5.74) is 0. The fourth-order valence-electron chi connectivity index (χ4n) is 2.02. The SMILES string of the molecule is Cn1ccnc1CCN1CCC(Cl)CC1. The van der Waals surface area contributed by atoms with Crippen molar-refractivity contribution in [3.63, 3.8) is 0 Å². The summed E-state index contributed by atoms with van der Waals surface area (Å²) in [5.74, 6) is 1.17. The molecule has 15 heavy (non-hydrogen) atoms. The van der Waals surface area contributed by atoms with Crippen LogP contribution in [0.3, 0.4) is 0 Å². The predicted molar refractivity (Wildman–Crippen MR) is 62.2 cm³/mol. The van der Waals surface area contributed by atoms with Gasteiger partial charge in [-0.25, -0.2) is 4.98 Å². The third-order valence-corrected chi connectivity index (χ3v) is 3.53. The molecular formula is C11H18ClN3. The number of halogens is 1. The van der Waals surface area contributed by atoms with Crippen LogP contribution in [-0.2, 0) is 13.5 Å². The highest BCUT2D eigenvalue weighted by Crippen LogP contribution is 2.15. The maximum Gasteiger partial charge on any atom is 0.109 e. The minimum atomic E-state index is 0.398. The Morgan fingerprint density at radius 1 is 1.47 bits per heavy atom. The smallest absolute Gasteiger partial charge is 0.109 e. The van der Waals surface area contributed by atoms with Crippen LogP contribution in [0.25, 0.3) is 0 Å². The van der Waals surface area contributed by atoms with Crippen LogP contribution in [0.1, 0.15) is 18.7 Å². The van der Waals surface area contributed by atoms with E-state index in [1.54, 1.807) is 0 Å². The van der Waals surface area contributed by atoms with Crippen molar-refractivity contribution < 1.29 is 0 Å². The number of hydrogen-bond donors (Lipinski definition) is 0. The molecule has 0 unspecified atom stereocenters. The Balaban J connectivity index is 1.77.